The zero-order valence-electron chi connectivity index (χ0n) is 16.8. The molecule has 1 atom stereocenters. The van der Waals surface area contributed by atoms with Gasteiger partial charge in [0.15, 0.2) is 0 Å². The van der Waals surface area contributed by atoms with Crippen LogP contribution in [-0.4, -0.2) is 39.1 Å². The average Bonchev–Trinajstić information content (AvgIpc) is 2.99. The van der Waals surface area contributed by atoms with E-state index in [1.165, 1.54) is 28.8 Å². The number of carboxylic acids is 1. The fourth-order valence-corrected chi connectivity index (χ4v) is 3.87. The van der Waals surface area contributed by atoms with E-state index in [2.05, 4.69) is 5.32 Å². The standard InChI is InChI=1S/C22H20Cl2N2O5/c1-11(21(30)25-8-7-19(28)29)20-12(2)26(18-6-4-14(27)10-15(18)20)22(31)13-3-5-16(23)17(24)9-13/h3-6,9-11,27H,7-8H2,1-2H3,(H,25,30)(H,28,29). The number of aromatic nitrogens is 1. The van der Waals surface area contributed by atoms with Crippen LogP contribution < -0.4 is 5.32 Å². The molecule has 0 aliphatic rings. The lowest BCUT2D eigenvalue weighted by Gasteiger charge is -2.13. The Kier molecular flexibility index (Phi) is 6.57. The van der Waals surface area contributed by atoms with Crippen LogP contribution >= 0.6 is 23.2 Å². The summed E-state index contributed by atoms with van der Waals surface area (Å²) in [6, 6.07) is 9.12. The number of carbonyl (C=O) groups is 3. The summed E-state index contributed by atoms with van der Waals surface area (Å²) in [5, 5.41) is 22.5. The number of aliphatic carboxylic acids is 1. The lowest BCUT2D eigenvalue weighted by Crippen LogP contribution is -2.30. The van der Waals surface area contributed by atoms with Crippen molar-refractivity contribution in [2.24, 2.45) is 0 Å². The summed E-state index contributed by atoms with van der Waals surface area (Å²) in [5.74, 6) is -2.46. The molecule has 0 radical (unpaired) electrons. The lowest BCUT2D eigenvalue weighted by molar-refractivity contribution is -0.136. The molecule has 162 valence electrons. The normalized spacial score (nSPS) is 12.0. The van der Waals surface area contributed by atoms with Crippen molar-refractivity contribution in [3.05, 3.63) is 63.3 Å². The lowest BCUT2D eigenvalue weighted by atomic mass is 9.97. The summed E-state index contributed by atoms with van der Waals surface area (Å²) in [7, 11) is 0. The van der Waals surface area contributed by atoms with Gasteiger partial charge in [0.25, 0.3) is 5.91 Å². The Morgan fingerprint density at radius 1 is 1.10 bits per heavy atom. The molecule has 0 saturated heterocycles. The van der Waals surface area contributed by atoms with Gasteiger partial charge in [-0.25, -0.2) is 0 Å². The summed E-state index contributed by atoms with van der Waals surface area (Å²) in [6.07, 6.45) is -0.199. The third kappa shape index (κ3) is 4.52. The van der Waals surface area contributed by atoms with Gasteiger partial charge in [0.2, 0.25) is 5.91 Å². The quantitative estimate of drug-likeness (QED) is 0.504. The van der Waals surface area contributed by atoms with Crippen molar-refractivity contribution in [3.8, 4) is 5.75 Å². The first-order chi connectivity index (χ1) is 14.6. The number of aromatic hydroxyl groups is 1. The second-order valence-corrected chi connectivity index (χ2v) is 7.94. The van der Waals surface area contributed by atoms with E-state index in [0.717, 1.165) is 0 Å². The fourth-order valence-electron chi connectivity index (χ4n) is 3.57. The summed E-state index contributed by atoms with van der Waals surface area (Å²) in [4.78, 5) is 36.7. The molecular weight excluding hydrogens is 443 g/mol. The topological polar surface area (TPSA) is 109 Å². The van der Waals surface area contributed by atoms with E-state index in [1.807, 2.05) is 0 Å². The SMILES string of the molecule is Cc1c(C(C)C(=O)NCCC(=O)O)c2cc(O)ccc2n1C(=O)c1ccc(Cl)c(Cl)c1. The first kappa shape index (κ1) is 22.7. The Morgan fingerprint density at radius 3 is 2.45 bits per heavy atom. The highest BCUT2D eigenvalue weighted by atomic mass is 35.5. The summed E-state index contributed by atoms with van der Waals surface area (Å²) in [6.45, 7) is 3.36. The van der Waals surface area contributed by atoms with E-state index < -0.39 is 11.9 Å². The van der Waals surface area contributed by atoms with Gasteiger partial charge in [-0.2, -0.15) is 0 Å². The number of hydrogen-bond acceptors (Lipinski definition) is 4. The minimum Gasteiger partial charge on any atom is -0.508 e. The average molecular weight is 463 g/mol. The number of rotatable bonds is 6. The van der Waals surface area contributed by atoms with E-state index in [9.17, 15) is 19.5 Å². The number of phenols is 1. The largest absolute Gasteiger partial charge is 0.508 e. The second-order valence-electron chi connectivity index (χ2n) is 7.13. The van der Waals surface area contributed by atoms with Gasteiger partial charge in [-0.3, -0.25) is 19.0 Å². The maximum Gasteiger partial charge on any atom is 0.305 e. The Morgan fingerprint density at radius 2 is 1.81 bits per heavy atom. The predicted molar refractivity (Wildman–Crippen MR) is 118 cm³/mol. The number of halogens is 2. The molecule has 1 aromatic heterocycles. The van der Waals surface area contributed by atoms with E-state index >= 15 is 0 Å². The molecule has 3 N–H and O–H groups in total. The first-order valence-electron chi connectivity index (χ1n) is 9.45. The zero-order valence-corrected chi connectivity index (χ0v) is 18.3. The smallest absolute Gasteiger partial charge is 0.305 e. The minimum absolute atomic E-state index is 0.00799. The zero-order chi connectivity index (χ0) is 22.9. The highest BCUT2D eigenvalue weighted by Crippen LogP contribution is 2.35. The van der Waals surface area contributed by atoms with E-state index in [1.54, 1.807) is 26.0 Å². The number of phenolic OH excluding ortho intramolecular Hbond substituents is 1. The van der Waals surface area contributed by atoms with Gasteiger partial charge in [-0.15, -0.1) is 0 Å². The van der Waals surface area contributed by atoms with Crippen molar-refractivity contribution >= 4 is 51.9 Å². The van der Waals surface area contributed by atoms with Gasteiger partial charge in [0, 0.05) is 23.2 Å². The van der Waals surface area contributed by atoms with Crippen LogP contribution in [0.25, 0.3) is 10.9 Å². The molecule has 3 aromatic rings. The fraction of sp³-hybridized carbons (Fsp3) is 0.227. The molecule has 0 saturated carbocycles. The molecule has 0 aliphatic heterocycles. The van der Waals surface area contributed by atoms with Gasteiger partial charge in [0.1, 0.15) is 5.75 Å². The van der Waals surface area contributed by atoms with Crippen molar-refractivity contribution in [2.45, 2.75) is 26.2 Å². The molecule has 9 heteroatoms. The molecule has 0 fully saturated rings. The third-order valence-electron chi connectivity index (χ3n) is 5.07. The van der Waals surface area contributed by atoms with Crippen LogP contribution in [0.5, 0.6) is 5.75 Å². The highest BCUT2D eigenvalue weighted by Gasteiger charge is 2.27. The predicted octanol–water partition coefficient (Wildman–Crippen LogP) is 4.35. The van der Waals surface area contributed by atoms with E-state index in [-0.39, 0.29) is 35.6 Å². The molecule has 0 spiro atoms. The maximum atomic E-state index is 13.3. The van der Waals surface area contributed by atoms with E-state index in [4.69, 9.17) is 28.3 Å². The molecule has 3 rings (SSSR count). The number of benzene rings is 2. The number of carboxylic acid groups (broad SMARTS) is 1. The second kappa shape index (κ2) is 8.99. The molecule has 31 heavy (non-hydrogen) atoms. The Bertz CT molecular complexity index is 1200. The minimum atomic E-state index is -1.02. The molecular formula is C22H20Cl2N2O5. The van der Waals surface area contributed by atoms with Crippen LogP contribution in [0.3, 0.4) is 0 Å². The Balaban J connectivity index is 2.09. The Hall–Kier alpha value is -3.03. The molecule has 0 bridgehead atoms. The summed E-state index contributed by atoms with van der Waals surface area (Å²) < 4.78 is 1.46. The number of nitrogens with one attached hydrogen (secondary N) is 1. The van der Waals surface area contributed by atoms with Crippen LogP contribution in [-0.2, 0) is 9.59 Å². The molecule has 1 unspecified atom stereocenters. The highest BCUT2D eigenvalue weighted by molar-refractivity contribution is 6.42. The van der Waals surface area contributed by atoms with Crippen molar-refractivity contribution in [3.63, 3.8) is 0 Å². The van der Waals surface area contributed by atoms with Gasteiger partial charge >= 0.3 is 5.97 Å². The van der Waals surface area contributed by atoms with Crippen molar-refractivity contribution in [1.82, 2.24) is 9.88 Å². The van der Waals surface area contributed by atoms with Gasteiger partial charge in [0.05, 0.1) is 27.9 Å². The molecule has 7 nitrogen and oxygen atoms in total. The van der Waals surface area contributed by atoms with E-state index in [0.29, 0.717) is 32.7 Å². The van der Waals surface area contributed by atoms with Crippen molar-refractivity contribution in [1.29, 1.82) is 0 Å². The molecule has 0 aliphatic carbocycles. The van der Waals surface area contributed by atoms with Crippen LogP contribution in [0.1, 0.15) is 40.9 Å². The molecule has 2 aromatic carbocycles. The summed E-state index contributed by atoms with van der Waals surface area (Å²) >= 11 is 12.0. The molecule has 1 amide bonds. The van der Waals surface area contributed by atoms with Crippen LogP contribution in [0, 0.1) is 6.92 Å². The number of hydrogen-bond donors (Lipinski definition) is 3. The van der Waals surface area contributed by atoms with Crippen LogP contribution in [0.2, 0.25) is 10.0 Å². The first-order valence-corrected chi connectivity index (χ1v) is 10.2. The van der Waals surface area contributed by atoms with Gasteiger partial charge in [-0.05, 0) is 55.8 Å². The van der Waals surface area contributed by atoms with Gasteiger partial charge in [-0.1, -0.05) is 23.2 Å². The van der Waals surface area contributed by atoms with Gasteiger partial charge < -0.3 is 15.5 Å². The monoisotopic (exact) mass is 462 g/mol. The number of carbonyl (C=O) groups excluding carboxylic acids is 2. The van der Waals surface area contributed by atoms with Crippen LogP contribution in [0.4, 0.5) is 0 Å². The molecule has 1 heterocycles. The number of amides is 1. The Labute approximate surface area is 188 Å². The number of fused-ring (bicyclic) bond motifs is 1. The van der Waals surface area contributed by atoms with Crippen molar-refractivity contribution < 1.29 is 24.6 Å². The third-order valence-corrected chi connectivity index (χ3v) is 5.81. The summed E-state index contributed by atoms with van der Waals surface area (Å²) in [5.41, 5.74) is 1.92. The van der Waals surface area contributed by atoms with Crippen LogP contribution in [0.15, 0.2) is 36.4 Å². The maximum absolute atomic E-state index is 13.3. The number of nitrogens with zero attached hydrogens (tertiary/aromatic N) is 1. The van der Waals surface area contributed by atoms with Crippen molar-refractivity contribution in [2.75, 3.05) is 6.54 Å².